The highest BCUT2D eigenvalue weighted by molar-refractivity contribution is 5.85. The molecule has 5 N–H and O–H groups in total. The Morgan fingerprint density at radius 1 is 1.15 bits per heavy atom. The Morgan fingerprint density at radius 3 is 1.77 bits per heavy atom. The lowest BCUT2D eigenvalue weighted by Gasteiger charge is -2.09. The number of hydrogen-bond acceptors (Lipinski definition) is 3. The summed E-state index contributed by atoms with van der Waals surface area (Å²) in [5.74, 6) is -0.978. The van der Waals surface area contributed by atoms with Crippen LogP contribution in [0.5, 0.6) is 0 Å². The summed E-state index contributed by atoms with van der Waals surface area (Å²) < 4.78 is 0. The molecule has 0 heterocycles. The highest BCUT2D eigenvalue weighted by Crippen LogP contribution is 2.12. The molecule has 0 aromatic rings. The van der Waals surface area contributed by atoms with Crippen LogP contribution in [0.1, 0.15) is 25.7 Å². The third kappa shape index (κ3) is 8.02. The van der Waals surface area contributed by atoms with E-state index < -0.39 is 5.97 Å². The van der Waals surface area contributed by atoms with Crippen molar-refractivity contribution in [3.8, 4) is 0 Å². The average molecular weight is 211 g/mol. The Balaban J connectivity index is 0. The van der Waals surface area contributed by atoms with Crippen molar-refractivity contribution in [2.45, 2.75) is 25.7 Å². The lowest BCUT2D eigenvalue weighted by molar-refractivity contribution is -0.142. The molecule has 0 amide bonds. The number of carboxylic acid groups (broad SMARTS) is 1. The molecule has 0 aromatic heterocycles. The van der Waals surface area contributed by atoms with E-state index in [0.717, 1.165) is 12.8 Å². The fourth-order valence-corrected chi connectivity index (χ4v) is 1.12. The van der Waals surface area contributed by atoms with Gasteiger partial charge in [0.2, 0.25) is 0 Å². The van der Waals surface area contributed by atoms with Crippen molar-refractivity contribution in [3.63, 3.8) is 0 Å². The largest absolute Gasteiger partial charge is 0.481 e. The van der Waals surface area contributed by atoms with Gasteiger partial charge < -0.3 is 16.6 Å². The average Bonchev–Trinajstić information content (AvgIpc) is 2.04. The first-order chi connectivity index (χ1) is 5.72. The molecule has 0 spiro atoms. The minimum atomic E-state index is -0.725. The minimum Gasteiger partial charge on any atom is -0.481 e. The van der Waals surface area contributed by atoms with Gasteiger partial charge in [-0.2, -0.15) is 0 Å². The fourth-order valence-electron chi connectivity index (χ4n) is 1.12. The smallest absolute Gasteiger partial charge is 0.306 e. The van der Waals surface area contributed by atoms with Crippen LogP contribution in [0.2, 0.25) is 0 Å². The molecule has 0 aliphatic heterocycles. The van der Waals surface area contributed by atoms with Crippen LogP contribution in [0.3, 0.4) is 0 Å². The normalized spacial score (nSPS) is 9.77. The summed E-state index contributed by atoms with van der Waals surface area (Å²) in [6, 6.07) is 0. The maximum atomic E-state index is 10.6. The zero-order valence-corrected chi connectivity index (χ0v) is 8.55. The molecule has 0 saturated carbocycles. The predicted octanol–water partition coefficient (Wildman–Crippen LogP) is 0.587. The van der Waals surface area contributed by atoms with E-state index in [1.807, 2.05) is 0 Å². The Hall–Kier alpha value is -0.320. The van der Waals surface area contributed by atoms with Gasteiger partial charge in [0.15, 0.2) is 0 Å². The van der Waals surface area contributed by atoms with Gasteiger partial charge in [0, 0.05) is 0 Å². The molecule has 4 nitrogen and oxygen atoms in total. The second-order valence-electron chi connectivity index (χ2n) is 2.90. The van der Waals surface area contributed by atoms with Crippen molar-refractivity contribution >= 4 is 18.4 Å². The number of carbonyl (C=O) groups is 1. The van der Waals surface area contributed by atoms with Crippen LogP contribution in [0.25, 0.3) is 0 Å². The summed E-state index contributed by atoms with van der Waals surface area (Å²) in [6.45, 7) is 1.12. The molecule has 0 fully saturated rings. The van der Waals surface area contributed by atoms with Crippen LogP contribution in [-0.2, 0) is 4.79 Å². The number of rotatable bonds is 7. The molecule has 0 atom stereocenters. The summed E-state index contributed by atoms with van der Waals surface area (Å²) >= 11 is 0. The molecule has 5 heteroatoms. The van der Waals surface area contributed by atoms with Crippen LogP contribution in [0, 0.1) is 5.92 Å². The van der Waals surface area contributed by atoms with E-state index in [-0.39, 0.29) is 18.3 Å². The quantitative estimate of drug-likeness (QED) is 0.574. The van der Waals surface area contributed by atoms with Crippen molar-refractivity contribution in [2.24, 2.45) is 17.4 Å². The van der Waals surface area contributed by atoms with Crippen LogP contribution < -0.4 is 11.5 Å². The predicted molar refractivity (Wildman–Crippen MR) is 55.0 cm³/mol. The first kappa shape index (κ1) is 15.2. The van der Waals surface area contributed by atoms with E-state index in [2.05, 4.69) is 0 Å². The molecule has 0 saturated heterocycles. The van der Waals surface area contributed by atoms with E-state index in [1.165, 1.54) is 0 Å². The van der Waals surface area contributed by atoms with Crippen molar-refractivity contribution < 1.29 is 9.90 Å². The third-order valence-electron chi connectivity index (χ3n) is 1.86. The first-order valence-corrected chi connectivity index (χ1v) is 4.35. The Labute approximate surface area is 85.1 Å². The van der Waals surface area contributed by atoms with Crippen molar-refractivity contribution in [3.05, 3.63) is 0 Å². The Morgan fingerprint density at radius 2 is 1.54 bits per heavy atom. The third-order valence-corrected chi connectivity index (χ3v) is 1.86. The van der Waals surface area contributed by atoms with Crippen LogP contribution in [-0.4, -0.2) is 24.2 Å². The van der Waals surface area contributed by atoms with Crippen LogP contribution >= 0.6 is 12.4 Å². The number of nitrogens with two attached hydrogens (primary N) is 2. The summed E-state index contributed by atoms with van der Waals surface area (Å²) in [4.78, 5) is 10.6. The monoisotopic (exact) mass is 210 g/mol. The van der Waals surface area contributed by atoms with E-state index in [9.17, 15) is 4.79 Å². The van der Waals surface area contributed by atoms with E-state index >= 15 is 0 Å². The van der Waals surface area contributed by atoms with Gasteiger partial charge in [0.05, 0.1) is 5.92 Å². The lowest BCUT2D eigenvalue weighted by Crippen LogP contribution is -2.16. The molecule has 0 aliphatic carbocycles. The SMILES string of the molecule is Cl.NCCCC(CCCN)C(=O)O. The summed E-state index contributed by atoms with van der Waals surface area (Å²) in [7, 11) is 0. The first-order valence-electron chi connectivity index (χ1n) is 4.35. The van der Waals surface area contributed by atoms with Gasteiger partial charge >= 0.3 is 5.97 Å². The molecule has 80 valence electrons. The van der Waals surface area contributed by atoms with Crippen molar-refractivity contribution in [2.75, 3.05) is 13.1 Å². The summed E-state index contributed by atoms with van der Waals surface area (Å²) in [6.07, 6.45) is 2.90. The number of hydrogen-bond donors (Lipinski definition) is 3. The van der Waals surface area contributed by atoms with Crippen molar-refractivity contribution in [1.82, 2.24) is 0 Å². The maximum Gasteiger partial charge on any atom is 0.306 e. The number of aliphatic carboxylic acids is 1. The minimum absolute atomic E-state index is 0. The van der Waals surface area contributed by atoms with Gasteiger partial charge in [-0.15, -0.1) is 12.4 Å². The van der Waals surface area contributed by atoms with E-state index in [4.69, 9.17) is 16.6 Å². The van der Waals surface area contributed by atoms with Gasteiger partial charge in [-0.1, -0.05) is 0 Å². The van der Waals surface area contributed by atoms with Crippen LogP contribution in [0.15, 0.2) is 0 Å². The lowest BCUT2D eigenvalue weighted by atomic mass is 9.98. The highest BCUT2D eigenvalue weighted by atomic mass is 35.5. The zero-order chi connectivity index (χ0) is 9.40. The summed E-state index contributed by atoms with van der Waals surface area (Å²) in [5, 5.41) is 8.74. The highest BCUT2D eigenvalue weighted by Gasteiger charge is 2.15. The fraction of sp³-hybridized carbons (Fsp3) is 0.875. The Bertz CT molecular complexity index is 125. The second kappa shape index (κ2) is 9.77. The maximum absolute atomic E-state index is 10.6. The van der Waals surface area contributed by atoms with E-state index in [1.54, 1.807) is 0 Å². The van der Waals surface area contributed by atoms with Gasteiger partial charge in [0.1, 0.15) is 0 Å². The molecule has 0 rings (SSSR count). The molecule has 0 radical (unpaired) electrons. The van der Waals surface area contributed by atoms with Gasteiger partial charge in [-0.05, 0) is 38.8 Å². The topological polar surface area (TPSA) is 89.3 Å². The molecule has 0 aliphatic rings. The number of halogens is 1. The molecule has 0 bridgehead atoms. The molecule has 0 unspecified atom stereocenters. The molecular weight excluding hydrogens is 192 g/mol. The van der Waals surface area contributed by atoms with Gasteiger partial charge in [0.25, 0.3) is 0 Å². The second-order valence-corrected chi connectivity index (χ2v) is 2.90. The standard InChI is InChI=1S/C8H18N2O2.ClH/c9-5-1-3-7(8(11)12)4-2-6-10;/h7H,1-6,9-10H2,(H,11,12);1H. The molecule has 0 aromatic carbocycles. The van der Waals surface area contributed by atoms with Crippen molar-refractivity contribution in [1.29, 1.82) is 0 Å². The van der Waals surface area contributed by atoms with Gasteiger partial charge in [-0.3, -0.25) is 4.79 Å². The summed E-state index contributed by atoms with van der Waals surface area (Å²) in [5.41, 5.74) is 10.6. The molecule has 13 heavy (non-hydrogen) atoms. The zero-order valence-electron chi connectivity index (χ0n) is 7.74. The van der Waals surface area contributed by atoms with E-state index in [0.29, 0.717) is 25.9 Å². The number of carboxylic acids is 1. The Kier molecular flexibility index (Phi) is 11.4. The van der Waals surface area contributed by atoms with Gasteiger partial charge in [-0.25, -0.2) is 0 Å². The molecular formula is C8H19ClN2O2. The van der Waals surface area contributed by atoms with Crippen LogP contribution in [0.4, 0.5) is 0 Å².